The van der Waals surface area contributed by atoms with Gasteiger partial charge in [0.25, 0.3) is 0 Å². The van der Waals surface area contributed by atoms with Gasteiger partial charge in [-0.15, -0.1) is 11.3 Å². The van der Waals surface area contributed by atoms with Crippen LogP contribution in [0.4, 0.5) is 11.5 Å². The molecule has 0 atom stereocenters. The first-order valence-corrected chi connectivity index (χ1v) is 10.2. The highest BCUT2D eigenvalue weighted by Crippen LogP contribution is 2.41. The summed E-state index contributed by atoms with van der Waals surface area (Å²) in [6.45, 7) is 4.96. The molecule has 0 aliphatic heterocycles. The fraction of sp³-hybridized carbons (Fsp3) is 0.143. The lowest BCUT2D eigenvalue weighted by molar-refractivity contribution is 0.990. The number of rotatable bonds is 4. The predicted molar refractivity (Wildman–Crippen MR) is 117 cm³/mol. The number of fused-ring (bicyclic) bond motifs is 1. The Labute approximate surface area is 172 Å². The Hall–Kier alpha value is -2.14. The van der Waals surface area contributed by atoms with Crippen molar-refractivity contribution in [2.75, 3.05) is 11.4 Å². The molecule has 0 saturated carbocycles. The lowest BCUT2D eigenvalue weighted by Crippen LogP contribution is -2.18. The molecule has 27 heavy (non-hydrogen) atoms. The molecule has 2 aromatic heterocycles. The number of anilines is 2. The van der Waals surface area contributed by atoms with Gasteiger partial charge in [0.05, 0.1) is 5.39 Å². The average Bonchev–Trinajstić information content (AvgIpc) is 3.07. The predicted octanol–water partition coefficient (Wildman–Crippen LogP) is 7.13. The molecule has 2 heterocycles. The van der Waals surface area contributed by atoms with E-state index >= 15 is 0 Å². The summed E-state index contributed by atoms with van der Waals surface area (Å²) in [4.78, 5) is 12.1. The van der Waals surface area contributed by atoms with Crippen molar-refractivity contribution in [3.8, 4) is 11.1 Å². The minimum absolute atomic E-state index is 0.258. The molecule has 0 amide bonds. The molecule has 136 valence electrons. The van der Waals surface area contributed by atoms with Gasteiger partial charge >= 0.3 is 0 Å². The van der Waals surface area contributed by atoms with E-state index in [1.54, 1.807) is 11.3 Å². The molecule has 0 saturated heterocycles. The SMILES string of the molecule is CCN(c1cccc(C)c1)c1nc(Cl)nc2scc(-c3ccc(Cl)cc3)c12. The van der Waals surface area contributed by atoms with Crippen molar-refractivity contribution in [1.29, 1.82) is 0 Å². The van der Waals surface area contributed by atoms with Gasteiger partial charge in [0, 0.05) is 28.2 Å². The normalized spacial score (nSPS) is 11.1. The first kappa shape index (κ1) is 18.2. The van der Waals surface area contributed by atoms with Crippen molar-refractivity contribution in [3.63, 3.8) is 0 Å². The highest BCUT2D eigenvalue weighted by molar-refractivity contribution is 7.17. The van der Waals surface area contributed by atoms with Gasteiger partial charge in [0.2, 0.25) is 5.28 Å². The van der Waals surface area contributed by atoms with Crippen LogP contribution >= 0.6 is 34.5 Å². The molecular formula is C21H17Cl2N3S. The van der Waals surface area contributed by atoms with Gasteiger partial charge in [0.1, 0.15) is 10.6 Å². The molecule has 4 rings (SSSR count). The number of hydrogen-bond donors (Lipinski definition) is 0. The second-order valence-corrected chi connectivity index (χ2v) is 7.87. The molecule has 2 aromatic carbocycles. The van der Waals surface area contributed by atoms with Gasteiger partial charge in [-0.2, -0.15) is 4.98 Å². The van der Waals surface area contributed by atoms with Gasteiger partial charge in [-0.3, -0.25) is 0 Å². The van der Waals surface area contributed by atoms with Crippen LogP contribution in [-0.4, -0.2) is 16.5 Å². The topological polar surface area (TPSA) is 29.0 Å². The molecule has 0 unspecified atom stereocenters. The van der Waals surface area contributed by atoms with E-state index in [4.69, 9.17) is 23.2 Å². The molecule has 4 aromatic rings. The van der Waals surface area contributed by atoms with Crippen LogP contribution in [-0.2, 0) is 0 Å². The number of benzene rings is 2. The van der Waals surface area contributed by atoms with Crippen LogP contribution in [0.3, 0.4) is 0 Å². The molecular weight excluding hydrogens is 397 g/mol. The van der Waals surface area contributed by atoms with Crippen molar-refractivity contribution in [3.05, 3.63) is 69.8 Å². The summed E-state index contributed by atoms with van der Waals surface area (Å²) < 4.78 is 0. The maximum atomic E-state index is 6.26. The summed E-state index contributed by atoms with van der Waals surface area (Å²) >= 11 is 13.9. The van der Waals surface area contributed by atoms with Crippen LogP contribution in [0.2, 0.25) is 10.3 Å². The maximum Gasteiger partial charge on any atom is 0.225 e. The number of halogens is 2. The largest absolute Gasteiger partial charge is 0.326 e. The second-order valence-electron chi connectivity index (χ2n) is 6.24. The molecule has 6 heteroatoms. The standard InChI is InChI=1S/C21H17Cl2N3S/c1-3-26(16-6-4-5-13(2)11-16)19-18-17(14-7-9-15(22)10-8-14)12-27-20(18)25-21(23)24-19/h4-12H,3H2,1-2H3. The average molecular weight is 414 g/mol. The Morgan fingerprint density at radius 2 is 1.81 bits per heavy atom. The van der Waals surface area contributed by atoms with E-state index in [0.717, 1.165) is 39.4 Å². The van der Waals surface area contributed by atoms with E-state index < -0.39 is 0 Å². The molecule has 3 nitrogen and oxygen atoms in total. The first-order chi connectivity index (χ1) is 13.1. The van der Waals surface area contributed by atoms with E-state index in [9.17, 15) is 0 Å². The maximum absolute atomic E-state index is 6.26. The van der Waals surface area contributed by atoms with E-state index in [1.807, 2.05) is 24.3 Å². The highest BCUT2D eigenvalue weighted by Gasteiger charge is 2.20. The van der Waals surface area contributed by atoms with Crippen molar-refractivity contribution >= 4 is 56.3 Å². The highest BCUT2D eigenvalue weighted by atomic mass is 35.5. The first-order valence-electron chi connectivity index (χ1n) is 8.61. The number of hydrogen-bond acceptors (Lipinski definition) is 4. The lowest BCUT2D eigenvalue weighted by atomic mass is 10.1. The number of aryl methyl sites for hydroxylation is 1. The smallest absolute Gasteiger partial charge is 0.225 e. The van der Waals surface area contributed by atoms with Gasteiger partial charge in [0.15, 0.2) is 0 Å². The summed E-state index contributed by atoms with van der Waals surface area (Å²) in [6.07, 6.45) is 0. The Bertz CT molecular complexity index is 1110. The third-order valence-electron chi connectivity index (χ3n) is 4.43. The number of aromatic nitrogens is 2. The quantitative estimate of drug-likeness (QED) is 0.333. The summed E-state index contributed by atoms with van der Waals surface area (Å²) in [5.41, 5.74) is 4.45. The minimum Gasteiger partial charge on any atom is -0.326 e. The number of nitrogens with zero attached hydrogens (tertiary/aromatic N) is 3. The second kappa shape index (κ2) is 7.47. The molecule has 0 aliphatic rings. The summed E-state index contributed by atoms with van der Waals surface area (Å²) in [5, 5.41) is 4.09. The Morgan fingerprint density at radius 3 is 2.52 bits per heavy atom. The van der Waals surface area contributed by atoms with Crippen molar-refractivity contribution in [2.24, 2.45) is 0 Å². The fourth-order valence-electron chi connectivity index (χ4n) is 3.19. The monoisotopic (exact) mass is 413 g/mol. The van der Waals surface area contributed by atoms with Crippen molar-refractivity contribution in [2.45, 2.75) is 13.8 Å². The molecule has 0 N–H and O–H groups in total. The van der Waals surface area contributed by atoms with Crippen molar-refractivity contribution in [1.82, 2.24) is 9.97 Å². The molecule has 0 fully saturated rings. The van der Waals surface area contributed by atoms with Crippen molar-refractivity contribution < 1.29 is 0 Å². The fourth-order valence-corrected chi connectivity index (χ4v) is 4.47. The summed E-state index contributed by atoms with van der Waals surface area (Å²) in [6, 6.07) is 16.2. The van der Waals surface area contributed by atoms with Crippen LogP contribution in [0.15, 0.2) is 53.9 Å². The Morgan fingerprint density at radius 1 is 1.04 bits per heavy atom. The number of thiophene rings is 1. The zero-order chi connectivity index (χ0) is 19.0. The van der Waals surface area contributed by atoms with Gasteiger partial charge in [-0.1, -0.05) is 35.9 Å². The zero-order valence-electron chi connectivity index (χ0n) is 14.9. The van der Waals surface area contributed by atoms with Gasteiger partial charge in [-0.05, 0) is 60.8 Å². The lowest BCUT2D eigenvalue weighted by Gasteiger charge is -2.24. The van der Waals surface area contributed by atoms with E-state index in [2.05, 4.69) is 58.4 Å². The van der Waals surface area contributed by atoms with E-state index in [0.29, 0.717) is 5.02 Å². The Kier molecular flexibility index (Phi) is 5.04. The molecule has 0 spiro atoms. The van der Waals surface area contributed by atoms with Crippen LogP contribution < -0.4 is 4.90 Å². The van der Waals surface area contributed by atoms with Crippen LogP contribution in [0.1, 0.15) is 12.5 Å². The third kappa shape index (κ3) is 3.53. The molecule has 0 radical (unpaired) electrons. The zero-order valence-corrected chi connectivity index (χ0v) is 17.2. The molecule has 0 bridgehead atoms. The summed E-state index contributed by atoms with van der Waals surface area (Å²) in [7, 11) is 0. The van der Waals surface area contributed by atoms with E-state index in [1.165, 1.54) is 5.56 Å². The summed E-state index contributed by atoms with van der Waals surface area (Å²) in [5.74, 6) is 0.823. The Balaban J connectivity index is 1.96. The van der Waals surface area contributed by atoms with Crippen LogP contribution in [0.25, 0.3) is 21.3 Å². The van der Waals surface area contributed by atoms with E-state index in [-0.39, 0.29) is 5.28 Å². The van der Waals surface area contributed by atoms with Gasteiger partial charge < -0.3 is 4.90 Å². The minimum atomic E-state index is 0.258. The third-order valence-corrected chi connectivity index (χ3v) is 5.72. The van der Waals surface area contributed by atoms with Crippen LogP contribution in [0.5, 0.6) is 0 Å². The van der Waals surface area contributed by atoms with Crippen LogP contribution in [0, 0.1) is 6.92 Å². The molecule has 0 aliphatic carbocycles. The van der Waals surface area contributed by atoms with Gasteiger partial charge in [-0.25, -0.2) is 4.98 Å².